The molecule has 0 spiro atoms. The quantitative estimate of drug-likeness (QED) is 0.846. The average molecular weight is 236 g/mol. The van der Waals surface area contributed by atoms with E-state index in [1.165, 1.54) is 24.2 Å². The molecule has 2 heterocycles. The molecule has 2 rings (SSSR count). The lowest BCUT2D eigenvalue weighted by Crippen LogP contribution is -2.35. The zero-order valence-electron chi connectivity index (χ0n) is 11.4. The number of hydrogen-bond donors (Lipinski definition) is 2. The van der Waals surface area contributed by atoms with Gasteiger partial charge in [-0.05, 0) is 53.6 Å². The summed E-state index contributed by atoms with van der Waals surface area (Å²) < 4.78 is 2.11. The van der Waals surface area contributed by atoms with Crippen LogP contribution in [-0.4, -0.2) is 28.9 Å². The van der Waals surface area contributed by atoms with Crippen molar-refractivity contribution in [1.82, 2.24) is 15.1 Å². The molecule has 17 heavy (non-hydrogen) atoms. The first kappa shape index (κ1) is 12.4. The number of piperidine rings is 1. The van der Waals surface area contributed by atoms with Crippen LogP contribution in [0, 0.1) is 13.8 Å². The van der Waals surface area contributed by atoms with Gasteiger partial charge in [0.2, 0.25) is 0 Å². The van der Waals surface area contributed by atoms with Gasteiger partial charge in [-0.3, -0.25) is 4.68 Å². The van der Waals surface area contributed by atoms with Crippen molar-refractivity contribution in [3.63, 3.8) is 0 Å². The van der Waals surface area contributed by atoms with Crippen LogP contribution < -0.4 is 10.6 Å². The summed E-state index contributed by atoms with van der Waals surface area (Å²) in [6, 6.07) is 1.02. The lowest BCUT2D eigenvalue weighted by atomic mass is 10.1. The molecule has 2 N–H and O–H groups in total. The Morgan fingerprint density at radius 3 is 2.47 bits per heavy atom. The van der Waals surface area contributed by atoms with Crippen LogP contribution in [0.15, 0.2) is 0 Å². The molecule has 1 saturated heterocycles. The van der Waals surface area contributed by atoms with Crippen molar-refractivity contribution in [1.29, 1.82) is 0 Å². The van der Waals surface area contributed by atoms with E-state index in [0.29, 0.717) is 12.1 Å². The summed E-state index contributed by atoms with van der Waals surface area (Å²) in [4.78, 5) is 0. The van der Waals surface area contributed by atoms with E-state index in [2.05, 4.69) is 48.1 Å². The molecule has 1 aliphatic rings. The Morgan fingerprint density at radius 2 is 1.94 bits per heavy atom. The Kier molecular flexibility index (Phi) is 3.72. The molecule has 1 fully saturated rings. The summed E-state index contributed by atoms with van der Waals surface area (Å²) in [6.45, 7) is 10.8. The van der Waals surface area contributed by atoms with Gasteiger partial charge in [0.15, 0.2) is 0 Å². The minimum Gasteiger partial charge on any atom is -0.379 e. The first-order chi connectivity index (χ1) is 8.09. The highest BCUT2D eigenvalue weighted by atomic mass is 15.3. The Bertz CT molecular complexity index is 375. The third kappa shape index (κ3) is 2.63. The monoisotopic (exact) mass is 236 g/mol. The first-order valence-electron chi connectivity index (χ1n) is 6.62. The van der Waals surface area contributed by atoms with Gasteiger partial charge in [0, 0.05) is 12.1 Å². The standard InChI is InChI=1S/C13H24N4/c1-9(2)17-11(4)13(10(3)16-17)15-12-5-7-14-8-6-12/h9,12,14-15H,5-8H2,1-4H3. The molecule has 1 aromatic rings. The smallest absolute Gasteiger partial charge is 0.0828 e. The molecule has 1 aromatic heterocycles. The first-order valence-corrected chi connectivity index (χ1v) is 6.62. The zero-order valence-corrected chi connectivity index (χ0v) is 11.4. The summed E-state index contributed by atoms with van der Waals surface area (Å²) in [5.41, 5.74) is 3.62. The summed E-state index contributed by atoms with van der Waals surface area (Å²) in [7, 11) is 0. The Morgan fingerprint density at radius 1 is 1.29 bits per heavy atom. The van der Waals surface area contributed by atoms with Crippen LogP contribution in [0.25, 0.3) is 0 Å². The number of anilines is 1. The van der Waals surface area contributed by atoms with Crippen molar-refractivity contribution in [3.8, 4) is 0 Å². The molecule has 0 aromatic carbocycles. The molecule has 0 amide bonds. The van der Waals surface area contributed by atoms with Crippen molar-refractivity contribution in [2.45, 2.75) is 52.6 Å². The SMILES string of the molecule is Cc1nn(C(C)C)c(C)c1NC1CCNCC1. The Labute approximate surface area is 104 Å². The van der Waals surface area contributed by atoms with Gasteiger partial charge in [0.25, 0.3) is 0 Å². The average Bonchev–Trinajstić information content (AvgIpc) is 2.58. The maximum atomic E-state index is 4.61. The molecule has 0 saturated carbocycles. The van der Waals surface area contributed by atoms with Crippen molar-refractivity contribution < 1.29 is 0 Å². The topological polar surface area (TPSA) is 41.9 Å². The Hall–Kier alpha value is -1.03. The van der Waals surface area contributed by atoms with Crippen LogP contribution in [0.5, 0.6) is 0 Å². The van der Waals surface area contributed by atoms with Gasteiger partial charge in [-0.1, -0.05) is 0 Å². The number of rotatable bonds is 3. The molecule has 0 atom stereocenters. The highest BCUT2D eigenvalue weighted by molar-refractivity contribution is 5.53. The van der Waals surface area contributed by atoms with Crippen molar-refractivity contribution >= 4 is 5.69 Å². The van der Waals surface area contributed by atoms with E-state index in [9.17, 15) is 0 Å². The number of aromatic nitrogens is 2. The van der Waals surface area contributed by atoms with Gasteiger partial charge in [0.05, 0.1) is 17.1 Å². The summed E-state index contributed by atoms with van der Waals surface area (Å²) >= 11 is 0. The summed E-state index contributed by atoms with van der Waals surface area (Å²) in [5.74, 6) is 0. The number of aryl methyl sites for hydroxylation is 1. The van der Waals surface area contributed by atoms with Gasteiger partial charge < -0.3 is 10.6 Å². The largest absolute Gasteiger partial charge is 0.379 e. The predicted octanol–water partition coefficient (Wildman–Crippen LogP) is 2.24. The predicted molar refractivity (Wildman–Crippen MR) is 71.6 cm³/mol. The van der Waals surface area contributed by atoms with Crippen LogP contribution in [0.3, 0.4) is 0 Å². The Balaban J connectivity index is 2.14. The highest BCUT2D eigenvalue weighted by Gasteiger charge is 2.18. The summed E-state index contributed by atoms with van der Waals surface area (Å²) in [6.07, 6.45) is 2.40. The van der Waals surface area contributed by atoms with Crippen LogP contribution in [-0.2, 0) is 0 Å². The lowest BCUT2D eigenvalue weighted by molar-refractivity contribution is 0.478. The lowest BCUT2D eigenvalue weighted by Gasteiger charge is -2.25. The zero-order chi connectivity index (χ0) is 12.4. The van der Waals surface area contributed by atoms with Gasteiger partial charge >= 0.3 is 0 Å². The second-order valence-electron chi connectivity index (χ2n) is 5.25. The third-order valence-corrected chi connectivity index (χ3v) is 3.50. The molecule has 0 unspecified atom stereocenters. The fourth-order valence-corrected chi connectivity index (χ4v) is 2.54. The second kappa shape index (κ2) is 5.08. The molecule has 0 radical (unpaired) electrons. The van der Waals surface area contributed by atoms with Crippen LogP contribution in [0.2, 0.25) is 0 Å². The van der Waals surface area contributed by atoms with Crippen LogP contribution in [0.1, 0.15) is 44.1 Å². The highest BCUT2D eigenvalue weighted by Crippen LogP contribution is 2.24. The van der Waals surface area contributed by atoms with E-state index in [1.54, 1.807) is 0 Å². The van der Waals surface area contributed by atoms with E-state index in [-0.39, 0.29) is 0 Å². The molecule has 0 aliphatic carbocycles. The van der Waals surface area contributed by atoms with Crippen molar-refractivity contribution in [2.24, 2.45) is 0 Å². The molecule has 4 nitrogen and oxygen atoms in total. The molecule has 0 bridgehead atoms. The van der Waals surface area contributed by atoms with Crippen LogP contribution >= 0.6 is 0 Å². The molecule has 1 aliphatic heterocycles. The van der Waals surface area contributed by atoms with Crippen molar-refractivity contribution in [2.75, 3.05) is 18.4 Å². The number of nitrogens with one attached hydrogen (secondary N) is 2. The molecule has 96 valence electrons. The van der Waals surface area contributed by atoms with E-state index in [4.69, 9.17) is 0 Å². The number of hydrogen-bond acceptors (Lipinski definition) is 3. The van der Waals surface area contributed by atoms with Gasteiger partial charge in [0.1, 0.15) is 0 Å². The fraction of sp³-hybridized carbons (Fsp3) is 0.769. The van der Waals surface area contributed by atoms with Gasteiger partial charge in [-0.15, -0.1) is 0 Å². The molecular formula is C13H24N4. The van der Waals surface area contributed by atoms with Crippen LogP contribution in [0.4, 0.5) is 5.69 Å². The fourth-order valence-electron chi connectivity index (χ4n) is 2.54. The van der Waals surface area contributed by atoms with E-state index < -0.39 is 0 Å². The van der Waals surface area contributed by atoms with E-state index in [1.807, 2.05) is 0 Å². The normalized spacial score (nSPS) is 17.7. The summed E-state index contributed by atoms with van der Waals surface area (Å²) in [5, 5.41) is 11.7. The second-order valence-corrected chi connectivity index (χ2v) is 5.25. The van der Waals surface area contributed by atoms with Crippen molar-refractivity contribution in [3.05, 3.63) is 11.4 Å². The number of nitrogens with zero attached hydrogens (tertiary/aromatic N) is 2. The van der Waals surface area contributed by atoms with Gasteiger partial charge in [-0.2, -0.15) is 5.10 Å². The molecule has 4 heteroatoms. The third-order valence-electron chi connectivity index (χ3n) is 3.50. The minimum atomic E-state index is 0.428. The van der Waals surface area contributed by atoms with Gasteiger partial charge in [-0.25, -0.2) is 0 Å². The molecular weight excluding hydrogens is 212 g/mol. The maximum Gasteiger partial charge on any atom is 0.0828 e. The maximum absolute atomic E-state index is 4.61. The van der Waals surface area contributed by atoms with E-state index in [0.717, 1.165) is 18.8 Å². The van der Waals surface area contributed by atoms with E-state index >= 15 is 0 Å². The minimum absolute atomic E-state index is 0.428.